The van der Waals surface area contributed by atoms with E-state index >= 15 is 0 Å². The van der Waals surface area contributed by atoms with E-state index in [1.807, 2.05) is 30.3 Å². The summed E-state index contributed by atoms with van der Waals surface area (Å²) in [5.74, 6) is 4.58. The quantitative estimate of drug-likeness (QED) is 0.469. The lowest BCUT2D eigenvalue weighted by Gasteiger charge is -2.55. The number of rotatable bonds is 5. The molecule has 0 heterocycles. The van der Waals surface area contributed by atoms with Crippen molar-refractivity contribution in [2.24, 2.45) is 22.7 Å². The van der Waals surface area contributed by atoms with Crippen LogP contribution in [-0.4, -0.2) is 11.4 Å². The zero-order valence-corrected chi connectivity index (χ0v) is 16.0. The van der Waals surface area contributed by atoms with Gasteiger partial charge in [-0.25, -0.2) is 4.99 Å². The molecule has 0 atom stereocenters. The molecule has 0 amide bonds. The van der Waals surface area contributed by atoms with Crippen molar-refractivity contribution < 1.29 is 4.74 Å². The van der Waals surface area contributed by atoms with E-state index in [1.165, 1.54) is 44.1 Å². The second-order valence-electron chi connectivity index (χ2n) is 9.05. The summed E-state index contributed by atoms with van der Waals surface area (Å²) < 4.78 is 6.33. The average molecular weight is 360 g/mol. The number of aliphatic imine (C=N–C) groups is 1. The fraction of sp³-hybridized carbons (Fsp3) is 0.480. The Morgan fingerprint density at radius 3 is 1.96 bits per heavy atom. The van der Waals surface area contributed by atoms with E-state index in [4.69, 9.17) is 9.73 Å². The summed E-state index contributed by atoms with van der Waals surface area (Å²) in [7, 11) is 0. The van der Waals surface area contributed by atoms with E-state index < -0.39 is 0 Å². The van der Waals surface area contributed by atoms with Crippen LogP contribution >= 0.6 is 0 Å². The smallest absolute Gasteiger partial charge is 0.191 e. The van der Waals surface area contributed by atoms with Gasteiger partial charge in [0.2, 0.25) is 0 Å². The molecule has 4 aliphatic carbocycles. The Bertz CT molecular complexity index is 760. The van der Waals surface area contributed by atoms with Gasteiger partial charge in [0.25, 0.3) is 0 Å². The van der Waals surface area contributed by atoms with Crippen molar-refractivity contribution in [3.05, 3.63) is 66.2 Å². The van der Waals surface area contributed by atoms with Crippen molar-refractivity contribution >= 4 is 5.90 Å². The normalized spacial score (nSPS) is 31.9. The predicted molar refractivity (Wildman–Crippen MR) is 110 cm³/mol. The molecule has 2 aromatic carbocycles. The molecule has 140 valence electrons. The molecule has 27 heavy (non-hydrogen) atoms. The lowest BCUT2D eigenvalue weighted by molar-refractivity contribution is 0.000895. The van der Waals surface area contributed by atoms with Crippen LogP contribution in [0.1, 0.15) is 50.5 Å². The number of aryl methyl sites for hydroxylation is 1. The number of hydrogen-bond donors (Lipinski definition) is 0. The minimum absolute atomic E-state index is 0.162. The molecule has 4 aliphatic rings. The molecule has 4 saturated carbocycles. The molecule has 2 heteroatoms. The van der Waals surface area contributed by atoms with E-state index in [0.717, 1.165) is 42.2 Å². The molecule has 0 spiro atoms. The summed E-state index contributed by atoms with van der Waals surface area (Å²) >= 11 is 0. The second kappa shape index (κ2) is 7.14. The highest BCUT2D eigenvalue weighted by Crippen LogP contribution is 2.57. The molecular weight excluding hydrogens is 330 g/mol. The van der Waals surface area contributed by atoms with Crippen LogP contribution in [0.15, 0.2) is 65.7 Å². The number of benzene rings is 2. The molecule has 4 fully saturated rings. The molecule has 2 nitrogen and oxygen atoms in total. The maximum Gasteiger partial charge on any atom is 0.191 e. The molecule has 4 bridgehead atoms. The maximum atomic E-state index is 6.33. The monoisotopic (exact) mass is 359 g/mol. The zero-order chi connectivity index (χ0) is 18.1. The highest BCUT2D eigenvalue weighted by Gasteiger charge is 2.51. The molecular formula is C25H29NO. The van der Waals surface area contributed by atoms with Crippen molar-refractivity contribution in [1.29, 1.82) is 0 Å². The molecule has 0 N–H and O–H groups in total. The van der Waals surface area contributed by atoms with Crippen molar-refractivity contribution in [2.75, 3.05) is 0 Å². The Labute approximate surface area is 162 Å². The number of ether oxygens (including phenoxy) is 1. The van der Waals surface area contributed by atoms with Crippen LogP contribution in [0.3, 0.4) is 0 Å². The fourth-order valence-corrected chi connectivity index (χ4v) is 6.12. The van der Waals surface area contributed by atoms with Crippen molar-refractivity contribution in [1.82, 2.24) is 0 Å². The topological polar surface area (TPSA) is 21.6 Å². The standard InChI is InChI=1S/C25H29NO/c1-3-7-19(8-4-1)11-12-24(27-23-9-5-2-6-10-23)26-25-16-20-13-21(17-25)15-22(14-20)18-25/h1-10,20-22H,11-18H2. The Morgan fingerprint density at radius 1 is 0.815 bits per heavy atom. The predicted octanol–water partition coefficient (Wildman–Crippen LogP) is 6.07. The largest absolute Gasteiger partial charge is 0.443 e. The second-order valence-corrected chi connectivity index (χ2v) is 9.05. The Morgan fingerprint density at radius 2 is 1.37 bits per heavy atom. The van der Waals surface area contributed by atoms with Crippen LogP contribution in [0.5, 0.6) is 5.75 Å². The van der Waals surface area contributed by atoms with Gasteiger partial charge in [0, 0.05) is 6.42 Å². The van der Waals surface area contributed by atoms with Gasteiger partial charge in [0.05, 0.1) is 5.54 Å². The Hall–Kier alpha value is -2.09. The molecule has 0 radical (unpaired) electrons. The Balaban J connectivity index is 1.39. The third-order valence-electron chi connectivity index (χ3n) is 6.82. The van der Waals surface area contributed by atoms with Crippen molar-refractivity contribution in [3.8, 4) is 5.75 Å². The number of nitrogens with zero attached hydrogens (tertiary/aromatic N) is 1. The molecule has 0 unspecified atom stereocenters. The average Bonchev–Trinajstić information content (AvgIpc) is 2.66. The van der Waals surface area contributed by atoms with E-state index in [9.17, 15) is 0 Å². The zero-order valence-electron chi connectivity index (χ0n) is 16.0. The fourth-order valence-electron chi connectivity index (χ4n) is 6.12. The van der Waals surface area contributed by atoms with Crippen LogP contribution in [-0.2, 0) is 6.42 Å². The molecule has 0 saturated heterocycles. The summed E-state index contributed by atoms with van der Waals surface area (Å²) in [5, 5.41) is 0. The SMILES string of the molecule is c1ccc(CCC(=NC23CC4CC(CC(C4)C2)C3)Oc2ccccc2)cc1. The van der Waals surface area contributed by atoms with Gasteiger partial charge in [0.1, 0.15) is 5.75 Å². The molecule has 6 rings (SSSR count). The van der Waals surface area contributed by atoms with E-state index in [1.54, 1.807) is 0 Å². The van der Waals surface area contributed by atoms with Gasteiger partial charge in [-0.1, -0.05) is 48.5 Å². The third kappa shape index (κ3) is 3.81. The minimum atomic E-state index is 0.162. The maximum absolute atomic E-state index is 6.33. The number of para-hydroxylation sites is 1. The van der Waals surface area contributed by atoms with Gasteiger partial charge in [0.15, 0.2) is 5.90 Å². The van der Waals surface area contributed by atoms with E-state index in [0.29, 0.717) is 0 Å². The molecule has 0 aromatic heterocycles. The summed E-state index contributed by atoms with van der Waals surface area (Å²) in [6.07, 6.45) is 10.1. The van der Waals surface area contributed by atoms with Gasteiger partial charge in [-0.3, -0.25) is 0 Å². The van der Waals surface area contributed by atoms with Gasteiger partial charge in [-0.15, -0.1) is 0 Å². The van der Waals surface area contributed by atoms with Crippen molar-refractivity contribution in [3.63, 3.8) is 0 Å². The van der Waals surface area contributed by atoms with Crippen LogP contribution in [0.2, 0.25) is 0 Å². The third-order valence-corrected chi connectivity index (χ3v) is 6.82. The van der Waals surface area contributed by atoms with Crippen LogP contribution in [0, 0.1) is 17.8 Å². The lowest BCUT2D eigenvalue weighted by atomic mass is 9.53. The van der Waals surface area contributed by atoms with Gasteiger partial charge in [-0.2, -0.15) is 0 Å². The highest BCUT2D eigenvalue weighted by atomic mass is 16.5. The Kier molecular flexibility index (Phi) is 4.51. The van der Waals surface area contributed by atoms with Crippen LogP contribution in [0.4, 0.5) is 0 Å². The highest BCUT2D eigenvalue weighted by molar-refractivity contribution is 5.79. The minimum Gasteiger partial charge on any atom is -0.443 e. The summed E-state index contributed by atoms with van der Waals surface area (Å²) in [4.78, 5) is 5.37. The van der Waals surface area contributed by atoms with E-state index in [-0.39, 0.29) is 5.54 Å². The summed E-state index contributed by atoms with van der Waals surface area (Å²) in [6, 6.07) is 20.9. The van der Waals surface area contributed by atoms with Gasteiger partial charge < -0.3 is 4.74 Å². The van der Waals surface area contributed by atoms with Crippen molar-refractivity contribution in [2.45, 2.75) is 56.9 Å². The van der Waals surface area contributed by atoms with Crippen LogP contribution in [0.25, 0.3) is 0 Å². The van der Waals surface area contributed by atoms with Crippen LogP contribution < -0.4 is 4.74 Å². The molecule has 2 aromatic rings. The summed E-state index contributed by atoms with van der Waals surface area (Å²) in [6.45, 7) is 0. The first-order chi connectivity index (χ1) is 13.3. The first-order valence-electron chi connectivity index (χ1n) is 10.6. The van der Waals surface area contributed by atoms with Gasteiger partial charge in [-0.05, 0) is 80.4 Å². The van der Waals surface area contributed by atoms with E-state index in [2.05, 4.69) is 30.3 Å². The van der Waals surface area contributed by atoms with Gasteiger partial charge >= 0.3 is 0 Å². The first-order valence-corrected chi connectivity index (χ1v) is 10.6. The number of hydrogen-bond acceptors (Lipinski definition) is 2. The summed E-state index contributed by atoms with van der Waals surface area (Å²) in [5.41, 5.74) is 1.52. The first kappa shape index (κ1) is 17.0. The lowest BCUT2D eigenvalue weighted by Crippen LogP contribution is -2.50. The molecule has 0 aliphatic heterocycles.